The quantitative estimate of drug-likeness (QED) is 0.647. The van der Waals surface area contributed by atoms with E-state index >= 15 is 0 Å². The van der Waals surface area contributed by atoms with Crippen LogP contribution >= 0.6 is 11.3 Å². The first-order valence-electron chi connectivity index (χ1n) is 8.93. The number of thiazole rings is 1. The van der Waals surface area contributed by atoms with Crippen molar-refractivity contribution in [2.75, 3.05) is 36.1 Å². The van der Waals surface area contributed by atoms with Crippen LogP contribution in [0.4, 0.5) is 20.0 Å². The van der Waals surface area contributed by atoms with E-state index in [1.807, 2.05) is 0 Å². The molecule has 1 N–H and O–H groups in total. The molecule has 0 aliphatic carbocycles. The Morgan fingerprint density at radius 2 is 1.93 bits per heavy atom. The minimum Gasteiger partial charge on any atom is -0.313 e. The van der Waals surface area contributed by atoms with Gasteiger partial charge in [-0.3, -0.25) is 9.69 Å². The van der Waals surface area contributed by atoms with Crippen LogP contribution in [0.3, 0.4) is 0 Å². The predicted octanol–water partition coefficient (Wildman–Crippen LogP) is 2.72. The number of rotatable bonds is 5. The summed E-state index contributed by atoms with van der Waals surface area (Å²) in [5, 5.41) is 2.98. The first kappa shape index (κ1) is 20.2. The monoisotopic (exact) mass is 448 g/mol. The topological polar surface area (TPSA) is 99.7 Å². The largest absolute Gasteiger partial charge is 0.325 e. The Morgan fingerprint density at radius 3 is 2.63 bits per heavy atom. The maximum absolute atomic E-state index is 13.1. The number of nitrogens with one attached hydrogen (secondary N) is 1. The Kier molecular flexibility index (Phi) is 5.16. The number of benzene rings is 2. The van der Waals surface area contributed by atoms with Gasteiger partial charge in [-0.1, -0.05) is 11.3 Å². The molecule has 30 heavy (non-hydrogen) atoms. The number of sulfone groups is 1. The smallest absolute Gasteiger partial charge is 0.313 e. The molecule has 1 saturated heterocycles. The zero-order chi connectivity index (χ0) is 21.5. The molecule has 0 saturated carbocycles. The Balaban J connectivity index is 1.42. The normalized spacial score (nSPS) is 14.5. The molecule has 1 fully saturated rings. The van der Waals surface area contributed by atoms with Crippen molar-refractivity contribution in [1.82, 2.24) is 9.88 Å². The molecule has 2 aromatic carbocycles. The van der Waals surface area contributed by atoms with Crippen LogP contribution in [0.25, 0.3) is 10.2 Å². The van der Waals surface area contributed by atoms with Gasteiger partial charge >= 0.3 is 6.03 Å². The lowest BCUT2D eigenvalue weighted by atomic mass is 10.3. The number of amides is 3. The molecular weight excluding hydrogens is 431 g/mol. The van der Waals surface area contributed by atoms with E-state index in [0.29, 0.717) is 34.1 Å². The summed E-state index contributed by atoms with van der Waals surface area (Å²) in [6, 6.07) is 9.83. The van der Waals surface area contributed by atoms with Gasteiger partial charge in [0.1, 0.15) is 12.4 Å². The molecular formula is C19H17FN4O4S2. The van der Waals surface area contributed by atoms with Gasteiger partial charge in [-0.25, -0.2) is 22.6 Å². The van der Waals surface area contributed by atoms with Gasteiger partial charge in [0.05, 0.1) is 15.1 Å². The van der Waals surface area contributed by atoms with E-state index in [9.17, 15) is 22.4 Å². The lowest BCUT2D eigenvalue weighted by molar-refractivity contribution is -0.116. The molecule has 11 heteroatoms. The average Bonchev–Trinajstić information content (AvgIpc) is 3.24. The first-order valence-corrected chi connectivity index (χ1v) is 11.6. The third-order valence-electron chi connectivity index (χ3n) is 4.60. The van der Waals surface area contributed by atoms with E-state index in [0.717, 1.165) is 17.6 Å². The van der Waals surface area contributed by atoms with Gasteiger partial charge in [-0.2, -0.15) is 0 Å². The summed E-state index contributed by atoms with van der Waals surface area (Å²) in [4.78, 5) is 32.3. The minimum atomic E-state index is -3.34. The summed E-state index contributed by atoms with van der Waals surface area (Å²) in [6.45, 7) is 0.607. The molecule has 3 aromatic rings. The number of hydrogen-bond donors (Lipinski definition) is 1. The van der Waals surface area contributed by atoms with E-state index in [4.69, 9.17) is 0 Å². The van der Waals surface area contributed by atoms with Crippen molar-refractivity contribution in [1.29, 1.82) is 0 Å². The van der Waals surface area contributed by atoms with Gasteiger partial charge in [0, 0.05) is 25.0 Å². The molecule has 156 valence electrons. The fourth-order valence-corrected chi connectivity index (χ4v) is 4.75. The van der Waals surface area contributed by atoms with E-state index in [2.05, 4.69) is 10.3 Å². The summed E-state index contributed by atoms with van der Waals surface area (Å²) in [5.41, 5.74) is 1.14. The van der Waals surface area contributed by atoms with Gasteiger partial charge in [0.15, 0.2) is 15.0 Å². The highest BCUT2D eigenvalue weighted by atomic mass is 32.2. The lowest BCUT2D eigenvalue weighted by Crippen LogP contribution is -2.37. The molecule has 0 bridgehead atoms. The second-order valence-corrected chi connectivity index (χ2v) is 9.85. The summed E-state index contributed by atoms with van der Waals surface area (Å²) < 4.78 is 37.1. The van der Waals surface area contributed by atoms with Gasteiger partial charge < -0.3 is 10.2 Å². The Labute approximate surface area is 175 Å². The molecule has 8 nitrogen and oxygen atoms in total. The molecule has 1 aliphatic heterocycles. The summed E-state index contributed by atoms with van der Waals surface area (Å²) in [6.07, 6.45) is 1.13. The van der Waals surface area contributed by atoms with Crippen molar-refractivity contribution >= 4 is 54.1 Å². The maximum Gasteiger partial charge on any atom is 0.325 e. The number of anilines is 2. The number of carbonyl (C=O) groups excluding carboxylic acids is 2. The number of fused-ring (bicyclic) bond motifs is 1. The van der Waals surface area contributed by atoms with E-state index < -0.39 is 15.7 Å². The maximum atomic E-state index is 13.1. The number of carbonyl (C=O) groups is 2. The highest BCUT2D eigenvalue weighted by Crippen LogP contribution is 2.28. The average molecular weight is 449 g/mol. The van der Waals surface area contributed by atoms with Gasteiger partial charge in [-0.15, -0.1) is 0 Å². The van der Waals surface area contributed by atoms with Gasteiger partial charge in [-0.05, 0) is 42.5 Å². The van der Waals surface area contributed by atoms with Gasteiger partial charge in [0.2, 0.25) is 5.91 Å². The standard InChI is InChI=1S/C19H17FN4O4S2/c1-30(27,28)14-6-7-15-16(10-14)29-18(21-15)22-17(25)11-23-8-9-24(19(23)26)13-4-2-12(20)3-5-13/h2-7,10H,8-9,11H2,1H3,(H,21,22,25). The second-order valence-electron chi connectivity index (χ2n) is 6.80. The molecule has 0 unspecified atom stereocenters. The van der Waals surface area contributed by atoms with Crippen LogP contribution in [0.1, 0.15) is 0 Å². The molecule has 0 spiro atoms. The summed E-state index contributed by atoms with van der Waals surface area (Å²) >= 11 is 1.16. The summed E-state index contributed by atoms with van der Waals surface area (Å²) in [5.74, 6) is -0.798. The predicted molar refractivity (Wildman–Crippen MR) is 112 cm³/mol. The number of urea groups is 1. The van der Waals surface area contributed by atoms with Crippen molar-refractivity contribution in [3.8, 4) is 0 Å². The van der Waals surface area contributed by atoms with E-state index in [1.54, 1.807) is 6.07 Å². The van der Waals surface area contributed by atoms with E-state index in [-0.39, 0.29) is 23.3 Å². The molecule has 2 heterocycles. The van der Waals surface area contributed by atoms with Crippen LogP contribution in [-0.2, 0) is 14.6 Å². The van der Waals surface area contributed by atoms with Crippen molar-refractivity contribution in [2.45, 2.75) is 4.90 Å². The minimum absolute atomic E-state index is 0.152. The van der Waals surface area contributed by atoms with Crippen LogP contribution in [0, 0.1) is 5.82 Å². The zero-order valence-electron chi connectivity index (χ0n) is 15.8. The van der Waals surface area contributed by atoms with Crippen LogP contribution in [-0.4, -0.2) is 56.1 Å². The van der Waals surface area contributed by atoms with E-state index in [1.165, 1.54) is 46.2 Å². The molecule has 3 amide bonds. The molecule has 1 aliphatic rings. The second kappa shape index (κ2) is 7.65. The summed E-state index contributed by atoms with van der Waals surface area (Å²) in [7, 11) is -3.34. The van der Waals surface area contributed by atoms with Crippen LogP contribution in [0.15, 0.2) is 47.4 Å². The number of nitrogens with zero attached hydrogens (tertiary/aromatic N) is 3. The lowest BCUT2D eigenvalue weighted by Gasteiger charge is -2.18. The Hall–Kier alpha value is -3.05. The van der Waals surface area contributed by atoms with Crippen molar-refractivity contribution < 1.29 is 22.4 Å². The third kappa shape index (κ3) is 4.12. The highest BCUT2D eigenvalue weighted by Gasteiger charge is 2.31. The van der Waals surface area contributed by atoms with Crippen LogP contribution < -0.4 is 10.2 Å². The molecule has 4 rings (SSSR count). The highest BCUT2D eigenvalue weighted by molar-refractivity contribution is 7.90. The fraction of sp³-hybridized carbons (Fsp3) is 0.211. The first-order chi connectivity index (χ1) is 14.2. The number of hydrogen-bond acceptors (Lipinski definition) is 6. The van der Waals surface area contributed by atoms with Crippen molar-refractivity contribution in [3.63, 3.8) is 0 Å². The van der Waals surface area contributed by atoms with Gasteiger partial charge in [0.25, 0.3) is 0 Å². The molecule has 0 radical (unpaired) electrons. The SMILES string of the molecule is CS(=O)(=O)c1ccc2nc(NC(=O)CN3CCN(c4ccc(F)cc4)C3=O)sc2c1. The fourth-order valence-electron chi connectivity index (χ4n) is 3.11. The third-order valence-corrected chi connectivity index (χ3v) is 6.65. The van der Waals surface area contributed by atoms with Crippen LogP contribution in [0.2, 0.25) is 0 Å². The Morgan fingerprint density at radius 1 is 1.20 bits per heavy atom. The Bertz CT molecular complexity index is 1240. The molecule has 1 aromatic heterocycles. The zero-order valence-corrected chi connectivity index (χ0v) is 17.5. The number of aromatic nitrogens is 1. The number of halogens is 1. The molecule has 0 atom stereocenters. The van der Waals surface area contributed by atoms with Crippen molar-refractivity contribution in [2.24, 2.45) is 0 Å². The van der Waals surface area contributed by atoms with Crippen molar-refractivity contribution in [3.05, 3.63) is 48.3 Å². The van der Waals surface area contributed by atoms with Crippen LogP contribution in [0.5, 0.6) is 0 Å².